The largest absolute Gasteiger partial charge is 0.329 e. The lowest BCUT2D eigenvalue weighted by Gasteiger charge is -2.36. The Morgan fingerprint density at radius 2 is 1.95 bits per heavy atom. The molecule has 1 fully saturated rings. The first-order valence-electron chi connectivity index (χ1n) is 8.15. The summed E-state index contributed by atoms with van der Waals surface area (Å²) >= 11 is 0. The molecular formula is C19H20N2O. The zero-order valence-corrected chi connectivity index (χ0v) is 12.6. The standard InChI is InChI=1S/C19H20N2O/c22-19(15-7-4-12-20-13-15)21(16-10-11-16)18-9-3-6-14-5-1-2-8-17(14)18/h1-2,4-5,7-8,12-13,16,18H,3,6,9-11H2. The Morgan fingerprint density at radius 3 is 2.73 bits per heavy atom. The van der Waals surface area contributed by atoms with Crippen LogP contribution in [0, 0.1) is 0 Å². The molecule has 0 aliphatic heterocycles. The summed E-state index contributed by atoms with van der Waals surface area (Å²) in [6.07, 6.45) is 9.02. The van der Waals surface area contributed by atoms with E-state index in [-0.39, 0.29) is 11.9 Å². The van der Waals surface area contributed by atoms with Gasteiger partial charge in [0.15, 0.2) is 0 Å². The van der Waals surface area contributed by atoms with Gasteiger partial charge in [0.2, 0.25) is 0 Å². The fourth-order valence-corrected chi connectivity index (χ4v) is 3.57. The molecule has 1 unspecified atom stereocenters. The molecule has 0 bridgehead atoms. The molecule has 1 heterocycles. The first-order chi connectivity index (χ1) is 10.8. The van der Waals surface area contributed by atoms with Crippen LogP contribution in [-0.2, 0) is 6.42 Å². The minimum atomic E-state index is 0.136. The normalized spacial score (nSPS) is 20.3. The lowest BCUT2D eigenvalue weighted by atomic mass is 9.86. The zero-order valence-electron chi connectivity index (χ0n) is 12.6. The van der Waals surface area contributed by atoms with Crippen molar-refractivity contribution in [3.8, 4) is 0 Å². The predicted molar refractivity (Wildman–Crippen MR) is 85.5 cm³/mol. The summed E-state index contributed by atoms with van der Waals surface area (Å²) < 4.78 is 0. The molecular weight excluding hydrogens is 272 g/mol. The minimum absolute atomic E-state index is 0.136. The summed E-state index contributed by atoms with van der Waals surface area (Å²) in [5, 5.41) is 0. The number of nitrogens with zero attached hydrogens (tertiary/aromatic N) is 2. The van der Waals surface area contributed by atoms with Gasteiger partial charge in [-0.2, -0.15) is 0 Å². The molecule has 112 valence electrons. The molecule has 3 heteroatoms. The molecule has 3 nitrogen and oxygen atoms in total. The summed E-state index contributed by atoms with van der Waals surface area (Å²) in [5.41, 5.74) is 3.46. The van der Waals surface area contributed by atoms with Crippen LogP contribution in [0.2, 0.25) is 0 Å². The van der Waals surface area contributed by atoms with Crippen molar-refractivity contribution in [2.24, 2.45) is 0 Å². The number of rotatable bonds is 3. The molecule has 0 saturated heterocycles. The molecule has 1 aromatic carbocycles. The summed E-state index contributed by atoms with van der Waals surface area (Å²) in [6.45, 7) is 0. The quantitative estimate of drug-likeness (QED) is 0.863. The van der Waals surface area contributed by atoms with Crippen LogP contribution in [-0.4, -0.2) is 21.8 Å². The second kappa shape index (κ2) is 5.56. The van der Waals surface area contributed by atoms with Crippen LogP contribution in [0.25, 0.3) is 0 Å². The van der Waals surface area contributed by atoms with Crippen LogP contribution in [0.1, 0.15) is 53.2 Å². The number of carbonyl (C=O) groups is 1. The van der Waals surface area contributed by atoms with E-state index in [1.54, 1.807) is 12.4 Å². The van der Waals surface area contributed by atoms with Crippen LogP contribution in [0.4, 0.5) is 0 Å². The molecule has 1 aromatic heterocycles. The highest BCUT2D eigenvalue weighted by atomic mass is 16.2. The molecule has 2 aliphatic rings. The van der Waals surface area contributed by atoms with E-state index < -0.39 is 0 Å². The fourth-order valence-electron chi connectivity index (χ4n) is 3.57. The number of hydrogen-bond acceptors (Lipinski definition) is 2. The van der Waals surface area contributed by atoms with Gasteiger partial charge >= 0.3 is 0 Å². The van der Waals surface area contributed by atoms with Crippen molar-refractivity contribution < 1.29 is 4.79 Å². The highest BCUT2D eigenvalue weighted by Crippen LogP contribution is 2.41. The maximum atomic E-state index is 13.0. The van der Waals surface area contributed by atoms with E-state index in [0.29, 0.717) is 11.6 Å². The van der Waals surface area contributed by atoms with E-state index in [2.05, 4.69) is 34.1 Å². The molecule has 2 aliphatic carbocycles. The Balaban J connectivity index is 1.71. The van der Waals surface area contributed by atoms with Crippen molar-refractivity contribution in [3.63, 3.8) is 0 Å². The van der Waals surface area contributed by atoms with Gasteiger partial charge in [0, 0.05) is 18.4 Å². The van der Waals surface area contributed by atoms with Gasteiger partial charge in [-0.05, 0) is 55.4 Å². The molecule has 0 radical (unpaired) electrons. The van der Waals surface area contributed by atoms with Gasteiger partial charge in [0.05, 0.1) is 11.6 Å². The predicted octanol–water partition coefficient (Wildman–Crippen LogP) is 3.76. The number of carbonyl (C=O) groups excluding carboxylic acids is 1. The Morgan fingerprint density at radius 1 is 1.09 bits per heavy atom. The van der Waals surface area contributed by atoms with Gasteiger partial charge in [-0.15, -0.1) is 0 Å². The lowest BCUT2D eigenvalue weighted by molar-refractivity contribution is 0.0637. The molecule has 22 heavy (non-hydrogen) atoms. The third-order valence-electron chi connectivity index (χ3n) is 4.76. The van der Waals surface area contributed by atoms with Gasteiger partial charge in [0.1, 0.15) is 0 Å². The van der Waals surface area contributed by atoms with E-state index in [1.807, 2.05) is 12.1 Å². The van der Waals surface area contributed by atoms with E-state index >= 15 is 0 Å². The van der Waals surface area contributed by atoms with E-state index in [4.69, 9.17) is 0 Å². The van der Waals surface area contributed by atoms with E-state index in [0.717, 1.165) is 32.1 Å². The highest BCUT2D eigenvalue weighted by Gasteiger charge is 2.39. The van der Waals surface area contributed by atoms with Crippen LogP contribution in [0.15, 0.2) is 48.8 Å². The topological polar surface area (TPSA) is 33.2 Å². The third-order valence-corrected chi connectivity index (χ3v) is 4.76. The van der Waals surface area contributed by atoms with Crippen molar-refractivity contribution in [2.75, 3.05) is 0 Å². The molecule has 1 atom stereocenters. The number of benzene rings is 1. The molecule has 0 N–H and O–H groups in total. The number of fused-ring (bicyclic) bond motifs is 1. The summed E-state index contributed by atoms with van der Waals surface area (Å²) in [5.74, 6) is 0.136. The van der Waals surface area contributed by atoms with Crippen molar-refractivity contribution in [1.82, 2.24) is 9.88 Å². The second-order valence-corrected chi connectivity index (χ2v) is 6.29. The number of hydrogen-bond donors (Lipinski definition) is 0. The van der Waals surface area contributed by atoms with E-state index in [9.17, 15) is 4.79 Å². The second-order valence-electron chi connectivity index (χ2n) is 6.29. The Hall–Kier alpha value is -2.16. The van der Waals surface area contributed by atoms with Crippen molar-refractivity contribution in [2.45, 2.75) is 44.2 Å². The molecule has 1 saturated carbocycles. The Labute approximate surface area is 131 Å². The number of aromatic nitrogens is 1. The first kappa shape index (κ1) is 13.5. The van der Waals surface area contributed by atoms with Gasteiger partial charge in [-0.25, -0.2) is 0 Å². The summed E-state index contributed by atoms with van der Waals surface area (Å²) in [4.78, 5) is 19.3. The average molecular weight is 292 g/mol. The Bertz CT molecular complexity index is 679. The summed E-state index contributed by atoms with van der Waals surface area (Å²) in [6, 6.07) is 13.0. The SMILES string of the molecule is O=C(c1cccnc1)N(C1CC1)C1CCCc2ccccc21. The van der Waals surface area contributed by atoms with Crippen molar-refractivity contribution in [3.05, 3.63) is 65.5 Å². The average Bonchev–Trinajstić information content (AvgIpc) is 3.41. The maximum absolute atomic E-state index is 13.0. The van der Waals surface area contributed by atoms with Gasteiger partial charge < -0.3 is 4.90 Å². The van der Waals surface area contributed by atoms with Crippen LogP contribution in [0.5, 0.6) is 0 Å². The van der Waals surface area contributed by atoms with Crippen LogP contribution in [0.3, 0.4) is 0 Å². The smallest absolute Gasteiger partial charge is 0.256 e. The highest BCUT2D eigenvalue weighted by molar-refractivity contribution is 5.94. The lowest BCUT2D eigenvalue weighted by Crippen LogP contribution is -2.38. The van der Waals surface area contributed by atoms with E-state index in [1.165, 1.54) is 11.1 Å². The fraction of sp³-hybridized carbons (Fsp3) is 0.368. The number of aryl methyl sites for hydroxylation is 1. The number of pyridine rings is 1. The van der Waals surface area contributed by atoms with Crippen molar-refractivity contribution >= 4 is 5.91 Å². The summed E-state index contributed by atoms with van der Waals surface area (Å²) in [7, 11) is 0. The van der Waals surface area contributed by atoms with Crippen LogP contribution < -0.4 is 0 Å². The zero-order chi connectivity index (χ0) is 14.9. The van der Waals surface area contributed by atoms with Gasteiger partial charge in [0.25, 0.3) is 5.91 Å². The Kier molecular flexibility index (Phi) is 3.41. The minimum Gasteiger partial charge on any atom is -0.329 e. The monoisotopic (exact) mass is 292 g/mol. The third kappa shape index (κ3) is 2.41. The number of amides is 1. The molecule has 0 spiro atoms. The van der Waals surface area contributed by atoms with Crippen LogP contribution >= 0.6 is 0 Å². The molecule has 1 amide bonds. The van der Waals surface area contributed by atoms with Crippen molar-refractivity contribution in [1.29, 1.82) is 0 Å². The first-order valence-corrected chi connectivity index (χ1v) is 8.15. The van der Waals surface area contributed by atoms with Gasteiger partial charge in [-0.1, -0.05) is 24.3 Å². The molecule has 4 rings (SSSR count). The van der Waals surface area contributed by atoms with Gasteiger partial charge in [-0.3, -0.25) is 9.78 Å². The molecule has 2 aromatic rings. The maximum Gasteiger partial charge on any atom is 0.256 e.